The van der Waals surface area contributed by atoms with Gasteiger partial charge in [0.1, 0.15) is 18.2 Å². The second-order valence-corrected chi connectivity index (χ2v) is 4.55. The summed E-state index contributed by atoms with van der Waals surface area (Å²) < 4.78 is 37.6. The van der Waals surface area contributed by atoms with E-state index in [9.17, 15) is 23.7 Å². The van der Waals surface area contributed by atoms with Crippen molar-refractivity contribution in [3.63, 3.8) is 0 Å². The Bertz CT molecular complexity index is 434. The fourth-order valence-corrected chi connectivity index (χ4v) is 1.71. The summed E-state index contributed by atoms with van der Waals surface area (Å²) in [5.74, 6) is 0. The fourth-order valence-electron chi connectivity index (χ4n) is 1.41. The van der Waals surface area contributed by atoms with Gasteiger partial charge in [0.05, 0.1) is 12.7 Å². The standard InChI is InChI=1S/C6H11N3O8S/c7-9-8-3-5(11)4(10)2(17-6(3)12)1-16-18(13,14)15/h2-6,10-12H,1H2,(H,13,14,15)/t2?,3-,4+,5?,6?/m0/s1. The third-order valence-electron chi connectivity index (χ3n) is 2.25. The molecule has 11 nitrogen and oxygen atoms in total. The Morgan fingerprint density at radius 2 is 1.94 bits per heavy atom. The van der Waals surface area contributed by atoms with Crippen molar-refractivity contribution in [2.24, 2.45) is 5.11 Å². The van der Waals surface area contributed by atoms with Crippen LogP contribution in [0.1, 0.15) is 0 Å². The second-order valence-electron chi connectivity index (χ2n) is 3.45. The van der Waals surface area contributed by atoms with E-state index in [0.29, 0.717) is 0 Å². The molecule has 0 spiro atoms. The van der Waals surface area contributed by atoms with Gasteiger partial charge in [-0.05, 0) is 5.53 Å². The van der Waals surface area contributed by atoms with E-state index in [1.165, 1.54) is 0 Å². The van der Waals surface area contributed by atoms with Gasteiger partial charge in [0.2, 0.25) is 0 Å². The smallest absolute Gasteiger partial charge is 0.390 e. The average molecular weight is 285 g/mol. The van der Waals surface area contributed by atoms with Crippen molar-refractivity contribution in [2.45, 2.75) is 30.6 Å². The normalized spacial score (nSPS) is 37.0. The van der Waals surface area contributed by atoms with Crippen molar-refractivity contribution in [3.05, 3.63) is 10.4 Å². The first kappa shape index (κ1) is 15.1. The van der Waals surface area contributed by atoms with Crippen LogP contribution in [0.25, 0.3) is 10.4 Å². The average Bonchev–Trinajstić information content (AvgIpc) is 2.26. The molecule has 5 atom stereocenters. The predicted octanol–water partition coefficient (Wildman–Crippen LogP) is -2.08. The molecule has 1 rings (SSSR count). The topological polar surface area (TPSA) is 182 Å². The van der Waals surface area contributed by atoms with Crippen LogP contribution in [0.4, 0.5) is 0 Å². The molecule has 1 heterocycles. The van der Waals surface area contributed by atoms with Gasteiger partial charge in [-0.1, -0.05) is 5.11 Å². The summed E-state index contributed by atoms with van der Waals surface area (Å²) in [6.07, 6.45) is -6.48. The number of hydrogen-bond donors (Lipinski definition) is 4. The second kappa shape index (κ2) is 5.77. The van der Waals surface area contributed by atoms with Gasteiger partial charge in [0, 0.05) is 4.91 Å². The molecule has 0 aromatic heterocycles. The summed E-state index contributed by atoms with van der Waals surface area (Å²) >= 11 is 0. The Hall–Kier alpha value is -0.980. The lowest BCUT2D eigenvalue weighted by atomic mass is 9.98. The van der Waals surface area contributed by atoms with Crippen LogP contribution in [0.2, 0.25) is 0 Å². The Kier molecular flexibility index (Phi) is 4.84. The van der Waals surface area contributed by atoms with E-state index in [2.05, 4.69) is 14.2 Å². The molecule has 18 heavy (non-hydrogen) atoms. The minimum atomic E-state index is -4.74. The van der Waals surface area contributed by atoms with E-state index >= 15 is 0 Å². The Morgan fingerprint density at radius 3 is 2.44 bits per heavy atom. The van der Waals surface area contributed by atoms with Gasteiger partial charge >= 0.3 is 10.4 Å². The maximum atomic E-state index is 10.3. The Balaban J connectivity index is 2.72. The molecule has 1 saturated heterocycles. The highest BCUT2D eigenvalue weighted by Gasteiger charge is 2.43. The van der Waals surface area contributed by atoms with Gasteiger partial charge in [-0.2, -0.15) is 8.42 Å². The van der Waals surface area contributed by atoms with E-state index < -0.39 is 47.6 Å². The molecule has 1 aliphatic heterocycles. The quantitative estimate of drug-likeness (QED) is 0.196. The van der Waals surface area contributed by atoms with Crippen LogP contribution in [0.5, 0.6) is 0 Å². The summed E-state index contributed by atoms with van der Waals surface area (Å²) in [6.45, 7) is -0.822. The predicted molar refractivity (Wildman–Crippen MR) is 53.3 cm³/mol. The van der Waals surface area contributed by atoms with E-state index in [1.807, 2.05) is 0 Å². The number of aliphatic hydroxyl groups is 3. The molecular weight excluding hydrogens is 274 g/mol. The lowest BCUT2D eigenvalue weighted by molar-refractivity contribution is -0.247. The molecule has 0 radical (unpaired) electrons. The number of ether oxygens (including phenoxy) is 1. The molecule has 3 unspecified atom stereocenters. The van der Waals surface area contributed by atoms with Crippen molar-refractivity contribution >= 4 is 10.4 Å². The number of aliphatic hydroxyl groups excluding tert-OH is 3. The molecule has 0 aromatic carbocycles. The van der Waals surface area contributed by atoms with Gasteiger partial charge in [-0.25, -0.2) is 4.18 Å². The minimum absolute atomic E-state index is 0.822. The van der Waals surface area contributed by atoms with Crippen LogP contribution in [0.3, 0.4) is 0 Å². The SMILES string of the molecule is [N-]=[N+]=N[C@@H]1C(O)OC(COS(=O)(=O)O)[C@@H](O)C1O. The molecular formula is C6H11N3O8S. The monoisotopic (exact) mass is 285 g/mol. The highest BCUT2D eigenvalue weighted by Crippen LogP contribution is 2.22. The lowest BCUT2D eigenvalue weighted by Gasteiger charge is -2.38. The largest absolute Gasteiger partial charge is 0.397 e. The molecule has 4 N–H and O–H groups in total. The van der Waals surface area contributed by atoms with Crippen LogP contribution in [0, 0.1) is 0 Å². The first-order valence-corrected chi connectivity index (χ1v) is 5.98. The van der Waals surface area contributed by atoms with E-state index in [4.69, 9.17) is 14.8 Å². The van der Waals surface area contributed by atoms with Crippen LogP contribution in [-0.4, -0.2) is 65.5 Å². The zero-order valence-corrected chi connectivity index (χ0v) is 9.58. The molecule has 0 aromatic rings. The van der Waals surface area contributed by atoms with Crippen LogP contribution in [-0.2, 0) is 19.3 Å². The van der Waals surface area contributed by atoms with Crippen molar-refractivity contribution in [2.75, 3.05) is 6.61 Å². The summed E-state index contributed by atoms with van der Waals surface area (Å²) in [6, 6.07) is -1.44. The van der Waals surface area contributed by atoms with Gasteiger partial charge in [0.25, 0.3) is 0 Å². The van der Waals surface area contributed by atoms with Crippen molar-refractivity contribution in [1.29, 1.82) is 0 Å². The zero-order valence-electron chi connectivity index (χ0n) is 8.77. The summed E-state index contributed by atoms with van der Waals surface area (Å²) in [7, 11) is -4.74. The number of nitrogens with zero attached hydrogens (tertiary/aromatic N) is 3. The molecule has 0 bridgehead atoms. The van der Waals surface area contributed by atoms with Crippen molar-refractivity contribution in [3.8, 4) is 0 Å². The highest BCUT2D eigenvalue weighted by molar-refractivity contribution is 7.80. The number of hydrogen-bond acceptors (Lipinski definition) is 8. The summed E-state index contributed by atoms with van der Waals surface area (Å²) in [5.41, 5.74) is 8.18. The molecule has 0 amide bonds. The summed E-state index contributed by atoms with van der Waals surface area (Å²) in [4.78, 5) is 2.35. The fraction of sp³-hybridized carbons (Fsp3) is 1.00. The third-order valence-corrected chi connectivity index (χ3v) is 2.69. The molecule has 1 fully saturated rings. The van der Waals surface area contributed by atoms with E-state index in [-0.39, 0.29) is 0 Å². The van der Waals surface area contributed by atoms with Crippen molar-refractivity contribution < 1.29 is 37.2 Å². The molecule has 0 aliphatic carbocycles. The van der Waals surface area contributed by atoms with Crippen LogP contribution in [0.15, 0.2) is 5.11 Å². The Labute approximate surface area is 101 Å². The minimum Gasteiger partial charge on any atom is -0.390 e. The molecule has 104 valence electrons. The third kappa shape index (κ3) is 3.76. The lowest BCUT2D eigenvalue weighted by Crippen LogP contribution is -2.58. The van der Waals surface area contributed by atoms with Crippen LogP contribution < -0.4 is 0 Å². The maximum absolute atomic E-state index is 10.3. The Morgan fingerprint density at radius 1 is 1.33 bits per heavy atom. The highest BCUT2D eigenvalue weighted by atomic mass is 32.3. The van der Waals surface area contributed by atoms with Crippen LogP contribution >= 0.6 is 0 Å². The van der Waals surface area contributed by atoms with Gasteiger partial charge in [0.15, 0.2) is 6.29 Å². The van der Waals surface area contributed by atoms with Gasteiger partial charge in [-0.15, -0.1) is 0 Å². The summed E-state index contributed by atoms with van der Waals surface area (Å²) in [5, 5.41) is 31.4. The first-order valence-electron chi connectivity index (χ1n) is 4.62. The van der Waals surface area contributed by atoms with E-state index in [1.54, 1.807) is 0 Å². The van der Waals surface area contributed by atoms with Crippen molar-refractivity contribution in [1.82, 2.24) is 0 Å². The number of azide groups is 1. The molecule has 1 aliphatic rings. The molecule has 0 saturated carbocycles. The van der Waals surface area contributed by atoms with Gasteiger partial charge in [-0.3, -0.25) is 4.55 Å². The van der Waals surface area contributed by atoms with E-state index in [0.717, 1.165) is 0 Å². The maximum Gasteiger partial charge on any atom is 0.397 e. The number of rotatable bonds is 4. The van der Waals surface area contributed by atoms with Gasteiger partial charge < -0.3 is 20.1 Å². The molecule has 12 heteroatoms. The first-order chi connectivity index (χ1) is 8.26. The zero-order chi connectivity index (χ0) is 13.9.